The van der Waals surface area contributed by atoms with Gasteiger partial charge in [-0.25, -0.2) is 13.8 Å². The zero-order chi connectivity index (χ0) is 26.9. The van der Waals surface area contributed by atoms with E-state index < -0.39 is 36.3 Å². The van der Waals surface area contributed by atoms with E-state index in [1.54, 1.807) is 37.4 Å². The predicted octanol–water partition coefficient (Wildman–Crippen LogP) is 3.49. The number of fused-ring (bicyclic) bond motifs is 1. The van der Waals surface area contributed by atoms with E-state index in [0.29, 0.717) is 30.2 Å². The summed E-state index contributed by atoms with van der Waals surface area (Å²) in [4.78, 5) is 36.0. The van der Waals surface area contributed by atoms with Crippen LogP contribution in [-0.4, -0.2) is 51.5 Å². The molecule has 1 atom stereocenters. The molecular weight excluding hydrogens is 494 g/mol. The number of halogens is 2. The molecule has 1 saturated carbocycles. The second-order valence-corrected chi connectivity index (χ2v) is 9.42. The summed E-state index contributed by atoms with van der Waals surface area (Å²) < 4.78 is 32.0. The van der Waals surface area contributed by atoms with E-state index in [1.807, 2.05) is 18.2 Å². The molecule has 0 spiro atoms. The van der Waals surface area contributed by atoms with Gasteiger partial charge in [0.15, 0.2) is 0 Å². The summed E-state index contributed by atoms with van der Waals surface area (Å²) in [5, 5.41) is 12.8. The first-order valence-corrected chi connectivity index (χ1v) is 12.0. The summed E-state index contributed by atoms with van der Waals surface area (Å²) in [6.07, 6.45) is 0.820. The number of para-hydroxylation sites is 1. The Balaban J connectivity index is 1.28. The molecule has 1 fully saturated rings. The Labute approximate surface area is 217 Å². The number of ether oxygens (including phenoxy) is 1. The van der Waals surface area contributed by atoms with Crippen LogP contribution in [0.3, 0.4) is 0 Å². The number of hydrogen-bond donors (Lipinski definition) is 2. The Morgan fingerprint density at radius 1 is 1.16 bits per heavy atom. The minimum absolute atomic E-state index is 0.103. The van der Waals surface area contributed by atoms with Crippen LogP contribution in [0, 0.1) is 11.8 Å². The van der Waals surface area contributed by atoms with Gasteiger partial charge < -0.3 is 15.2 Å². The lowest BCUT2D eigenvalue weighted by Crippen LogP contribution is -2.50. The molecule has 2 N–H and O–H groups in total. The van der Waals surface area contributed by atoms with Crippen LogP contribution >= 0.6 is 0 Å². The summed E-state index contributed by atoms with van der Waals surface area (Å²) in [5.41, 5.74) is -0.625. The lowest BCUT2D eigenvalue weighted by atomic mass is 9.77. The smallest absolute Gasteiger partial charge is 0.270 e. The van der Waals surface area contributed by atoms with Gasteiger partial charge in [0, 0.05) is 19.3 Å². The summed E-state index contributed by atoms with van der Waals surface area (Å²) in [6, 6.07) is 14.8. The second kappa shape index (κ2) is 9.84. The highest BCUT2D eigenvalue weighted by Crippen LogP contribution is 2.45. The third-order valence-corrected chi connectivity index (χ3v) is 6.38. The number of rotatable bonds is 4. The van der Waals surface area contributed by atoms with Crippen LogP contribution in [0.1, 0.15) is 41.0 Å². The third-order valence-electron chi connectivity index (χ3n) is 6.38. The van der Waals surface area contributed by atoms with Gasteiger partial charge in [-0.1, -0.05) is 30.2 Å². The van der Waals surface area contributed by atoms with Crippen LogP contribution in [0.2, 0.25) is 0 Å². The molecule has 2 amide bonds. The van der Waals surface area contributed by atoms with Gasteiger partial charge >= 0.3 is 0 Å². The normalized spacial score (nSPS) is 19.2. The maximum Gasteiger partial charge on any atom is 0.270 e. The molecule has 38 heavy (non-hydrogen) atoms. The molecule has 5 rings (SSSR count). The zero-order valence-electron chi connectivity index (χ0n) is 20.4. The fourth-order valence-corrected chi connectivity index (χ4v) is 4.46. The number of anilines is 1. The Kier molecular flexibility index (Phi) is 6.55. The van der Waals surface area contributed by atoms with Crippen LogP contribution in [0.25, 0.3) is 0 Å². The van der Waals surface area contributed by atoms with Crippen LogP contribution < -0.4 is 15.0 Å². The van der Waals surface area contributed by atoms with Gasteiger partial charge in [-0.2, -0.15) is 0 Å². The van der Waals surface area contributed by atoms with Crippen molar-refractivity contribution in [3.63, 3.8) is 0 Å². The average molecular weight is 519 g/mol. The average Bonchev–Trinajstić information content (AvgIpc) is 2.99. The molecule has 8 nitrogen and oxygen atoms in total. The van der Waals surface area contributed by atoms with E-state index in [4.69, 9.17) is 4.74 Å². The van der Waals surface area contributed by atoms with E-state index in [-0.39, 0.29) is 17.3 Å². The van der Waals surface area contributed by atoms with Gasteiger partial charge in [0.2, 0.25) is 5.91 Å². The predicted molar refractivity (Wildman–Crippen MR) is 134 cm³/mol. The minimum Gasteiger partial charge on any atom is -0.457 e. The molecule has 2 aliphatic rings. The molecule has 0 saturated heterocycles. The van der Waals surface area contributed by atoms with Crippen LogP contribution in [0.15, 0.2) is 60.8 Å². The summed E-state index contributed by atoms with van der Waals surface area (Å²) >= 11 is 0. The molecule has 1 aliphatic carbocycles. The molecule has 1 aromatic carbocycles. The molecule has 10 heteroatoms. The van der Waals surface area contributed by atoms with E-state index in [2.05, 4.69) is 27.1 Å². The van der Waals surface area contributed by atoms with E-state index >= 15 is 0 Å². The van der Waals surface area contributed by atoms with Crippen molar-refractivity contribution >= 4 is 17.6 Å². The number of aromatic nitrogens is 2. The maximum absolute atomic E-state index is 13.2. The molecule has 0 radical (unpaired) electrons. The zero-order valence-corrected chi connectivity index (χ0v) is 20.4. The highest BCUT2D eigenvalue weighted by atomic mass is 19.3. The summed E-state index contributed by atoms with van der Waals surface area (Å²) in [5.74, 6) is 2.72. The summed E-state index contributed by atoms with van der Waals surface area (Å²) in [6.45, 7) is 0. The first-order chi connectivity index (χ1) is 18.1. The second-order valence-electron chi connectivity index (χ2n) is 9.42. The Morgan fingerprint density at radius 2 is 1.92 bits per heavy atom. The Morgan fingerprint density at radius 3 is 2.66 bits per heavy atom. The highest BCUT2D eigenvalue weighted by molar-refractivity contribution is 6.02. The van der Waals surface area contributed by atoms with Crippen molar-refractivity contribution in [2.45, 2.75) is 43.2 Å². The van der Waals surface area contributed by atoms with Crippen molar-refractivity contribution in [2.24, 2.45) is 0 Å². The van der Waals surface area contributed by atoms with Crippen molar-refractivity contribution in [1.82, 2.24) is 15.3 Å². The summed E-state index contributed by atoms with van der Waals surface area (Å²) in [7, 11) is 1.54. The number of benzene rings is 1. The van der Waals surface area contributed by atoms with Gasteiger partial charge in [-0.15, -0.1) is 0 Å². The monoisotopic (exact) mass is 518 g/mol. The number of carbonyl (C=O) groups is 2. The SMILES string of the molecule is CN1C(=O)[C@@H](NC(=O)c2cc(Oc3ccccc3)ccn2)CCc2ccc(C#CC3(O)CC(F)(F)C3)nc21. The minimum atomic E-state index is -2.91. The number of carbonyl (C=O) groups excluding carboxylic acids is 2. The number of aryl methyl sites for hydroxylation is 1. The molecule has 3 aromatic rings. The van der Waals surface area contributed by atoms with Gasteiger partial charge in [-0.3, -0.25) is 19.5 Å². The molecule has 0 bridgehead atoms. The van der Waals surface area contributed by atoms with Crippen molar-refractivity contribution in [1.29, 1.82) is 0 Å². The van der Waals surface area contributed by atoms with Gasteiger partial charge in [0.1, 0.15) is 40.3 Å². The lowest BCUT2D eigenvalue weighted by molar-refractivity contribution is -0.176. The molecule has 2 aromatic heterocycles. The number of alkyl halides is 2. The fraction of sp³-hybridized carbons (Fsp3) is 0.286. The molecule has 194 valence electrons. The highest BCUT2D eigenvalue weighted by Gasteiger charge is 2.55. The number of hydrogen-bond acceptors (Lipinski definition) is 6. The standard InChI is InChI=1S/C28H24F2N4O4/c1-34-24-18(7-9-19(32-24)11-13-27(37)16-28(29,30)17-27)8-10-22(26(34)36)33-25(35)23-15-21(12-14-31-23)38-20-5-3-2-4-6-20/h2-7,9,12,14-15,22,37H,8,10,16-17H2,1H3,(H,33,35)/t22-/m0/s1. The molecule has 3 heterocycles. The number of likely N-dealkylation sites (N-methyl/N-ethyl adjacent to an activating group) is 1. The topological polar surface area (TPSA) is 105 Å². The van der Waals surface area contributed by atoms with Crippen LogP contribution in [0.5, 0.6) is 11.5 Å². The molecule has 0 unspecified atom stereocenters. The van der Waals surface area contributed by atoms with Crippen molar-refractivity contribution < 1.29 is 28.2 Å². The lowest BCUT2D eigenvalue weighted by Gasteiger charge is -2.39. The molecule has 1 aliphatic heterocycles. The van der Waals surface area contributed by atoms with E-state index in [0.717, 1.165) is 5.56 Å². The van der Waals surface area contributed by atoms with Crippen molar-refractivity contribution in [3.8, 4) is 23.3 Å². The van der Waals surface area contributed by atoms with Gasteiger partial charge in [0.25, 0.3) is 11.8 Å². The van der Waals surface area contributed by atoms with E-state index in [9.17, 15) is 23.5 Å². The quantitative estimate of drug-likeness (QED) is 0.513. The van der Waals surface area contributed by atoms with Gasteiger partial charge in [0.05, 0.1) is 12.8 Å². The fourth-order valence-electron chi connectivity index (χ4n) is 4.46. The molecular formula is C28H24F2N4O4. The number of amides is 2. The number of nitrogens with one attached hydrogen (secondary N) is 1. The number of aliphatic hydroxyl groups is 1. The van der Waals surface area contributed by atoms with Gasteiger partial charge in [-0.05, 0) is 48.6 Å². The van der Waals surface area contributed by atoms with Crippen molar-refractivity contribution in [3.05, 3.63) is 77.7 Å². The number of nitrogens with zero attached hydrogens (tertiary/aromatic N) is 3. The maximum atomic E-state index is 13.2. The first kappa shape index (κ1) is 25.3. The van der Waals surface area contributed by atoms with E-state index in [1.165, 1.54) is 17.2 Å². The third kappa shape index (κ3) is 5.48. The van der Waals surface area contributed by atoms with Crippen LogP contribution in [-0.2, 0) is 11.2 Å². The first-order valence-electron chi connectivity index (χ1n) is 12.0. The Hall–Kier alpha value is -4.36. The number of pyridine rings is 2. The largest absolute Gasteiger partial charge is 0.457 e. The van der Waals surface area contributed by atoms with Crippen molar-refractivity contribution in [2.75, 3.05) is 11.9 Å². The van der Waals surface area contributed by atoms with Crippen LogP contribution in [0.4, 0.5) is 14.6 Å². The Bertz CT molecular complexity index is 1440.